The highest BCUT2D eigenvalue weighted by Crippen LogP contribution is 2.18. The Morgan fingerprint density at radius 3 is 2.40 bits per heavy atom. The Balaban J connectivity index is 2.42. The summed E-state index contributed by atoms with van der Waals surface area (Å²) in [6, 6.07) is -0.607. The lowest BCUT2D eigenvalue weighted by molar-refractivity contribution is -0.141. The second kappa shape index (κ2) is 5.70. The van der Waals surface area contributed by atoms with Crippen LogP contribution in [0, 0.1) is 0 Å². The summed E-state index contributed by atoms with van der Waals surface area (Å²) in [5.74, 6) is -1.58. The van der Waals surface area contributed by atoms with Gasteiger partial charge in [0, 0.05) is 6.04 Å². The number of carbonyl (C=O) groups is 2. The highest BCUT2D eigenvalue weighted by molar-refractivity contribution is 5.83. The van der Waals surface area contributed by atoms with Gasteiger partial charge in [-0.2, -0.15) is 0 Å². The number of carboxylic acids is 1. The first kappa shape index (κ1) is 12.0. The SMILES string of the molecule is NC(=O)C[C@H](NC1CCCCC1)C(=O)O. The van der Waals surface area contributed by atoms with Crippen molar-refractivity contribution in [3.05, 3.63) is 0 Å². The number of nitrogens with one attached hydrogen (secondary N) is 1. The Hall–Kier alpha value is -1.10. The molecule has 15 heavy (non-hydrogen) atoms. The number of amides is 1. The fourth-order valence-electron chi connectivity index (χ4n) is 1.97. The second-order valence-electron chi connectivity index (χ2n) is 4.06. The summed E-state index contributed by atoms with van der Waals surface area (Å²) in [5.41, 5.74) is 4.99. The predicted octanol–water partition coefficient (Wildman–Crippen LogP) is 0.237. The van der Waals surface area contributed by atoms with Crippen LogP contribution in [0.25, 0.3) is 0 Å². The molecule has 0 radical (unpaired) electrons. The van der Waals surface area contributed by atoms with E-state index in [1.54, 1.807) is 0 Å². The summed E-state index contributed by atoms with van der Waals surface area (Å²) in [7, 11) is 0. The molecule has 0 unspecified atom stereocenters. The van der Waals surface area contributed by atoms with Crippen LogP contribution in [0.15, 0.2) is 0 Å². The van der Waals surface area contributed by atoms with Gasteiger partial charge in [-0.1, -0.05) is 19.3 Å². The van der Waals surface area contributed by atoms with E-state index >= 15 is 0 Å². The average Bonchev–Trinajstić information content (AvgIpc) is 2.17. The maximum atomic E-state index is 10.8. The highest BCUT2D eigenvalue weighted by Gasteiger charge is 2.24. The molecule has 1 aliphatic rings. The average molecular weight is 214 g/mol. The zero-order valence-electron chi connectivity index (χ0n) is 8.74. The van der Waals surface area contributed by atoms with Crippen LogP contribution >= 0.6 is 0 Å². The molecule has 1 amide bonds. The molecule has 5 heteroatoms. The van der Waals surface area contributed by atoms with Crippen molar-refractivity contribution in [3.63, 3.8) is 0 Å². The molecule has 0 spiro atoms. The van der Waals surface area contributed by atoms with Crippen molar-refractivity contribution in [2.75, 3.05) is 0 Å². The summed E-state index contributed by atoms with van der Waals surface area (Å²) in [6.45, 7) is 0. The first-order chi connectivity index (χ1) is 7.09. The molecular weight excluding hydrogens is 196 g/mol. The number of carboxylic acid groups (broad SMARTS) is 1. The van der Waals surface area contributed by atoms with Crippen LogP contribution in [0.1, 0.15) is 38.5 Å². The van der Waals surface area contributed by atoms with Crippen LogP contribution in [-0.4, -0.2) is 29.1 Å². The van der Waals surface area contributed by atoms with E-state index in [0.29, 0.717) is 0 Å². The zero-order valence-corrected chi connectivity index (χ0v) is 8.74. The molecule has 1 fully saturated rings. The van der Waals surface area contributed by atoms with Gasteiger partial charge < -0.3 is 16.2 Å². The van der Waals surface area contributed by atoms with Gasteiger partial charge in [0.05, 0.1) is 6.42 Å². The van der Waals surface area contributed by atoms with E-state index in [1.807, 2.05) is 0 Å². The summed E-state index contributed by atoms with van der Waals surface area (Å²) < 4.78 is 0. The second-order valence-corrected chi connectivity index (χ2v) is 4.06. The van der Waals surface area contributed by atoms with Gasteiger partial charge in [-0.25, -0.2) is 0 Å². The zero-order chi connectivity index (χ0) is 11.3. The van der Waals surface area contributed by atoms with Crippen molar-refractivity contribution in [2.24, 2.45) is 5.73 Å². The minimum atomic E-state index is -1.00. The fraction of sp³-hybridized carbons (Fsp3) is 0.800. The quantitative estimate of drug-likeness (QED) is 0.611. The number of hydrogen-bond donors (Lipinski definition) is 3. The van der Waals surface area contributed by atoms with E-state index < -0.39 is 17.9 Å². The van der Waals surface area contributed by atoms with Gasteiger partial charge in [0.15, 0.2) is 0 Å². The summed E-state index contributed by atoms with van der Waals surface area (Å²) in [6.07, 6.45) is 5.31. The first-order valence-electron chi connectivity index (χ1n) is 5.36. The topological polar surface area (TPSA) is 92.4 Å². The van der Waals surface area contributed by atoms with Gasteiger partial charge in [-0.15, -0.1) is 0 Å². The molecule has 0 bridgehead atoms. The predicted molar refractivity (Wildman–Crippen MR) is 55.2 cm³/mol. The lowest BCUT2D eigenvalue weighted by Crippen LogP contribution is -2.46. The van der Waals surface area contributed by atoms with Crippen LogP contribution in [0.5, 0.6) is 0 Å². The van der Waals surface area contributed by atoms with Gasteiger partial charge in [0.2, 0.25) is 5.91 Å². The molecule has 5 nitrogen and oxygen atoms in total. The van der Waals surface area contributed by atoms with E-state index in [2.05, 4.69) is 5.32 Å². The smallest absolute Gasteiger partial charge is 0.321 e. The molecule has 0 aromatic carbocycles. The van der Waals surface area contributed by atoms with Gasteiger partial charge >= 0.3 is 5.97 Å². The Morgan fingerprint density at radius 1 is 1.33 bits per heavy atom. The van der Waals surface area contributed by atoms with Crippen LogP contribution in [-0.2, 0) is 9.59 Å². The molecule has 1 aliphatic carbocycles. The molecule has 0 aromatic heterocycles. The Labute approximate surface area is 89.0 Å². The number of aliphatic carboxylic acids is 1. The van der Waals surface area contributed by atoms with Crippen molar-refractivity contribution < 1.29 is 14.7 Å². The normalized spacial score (nSPS) is 19.7. The molecule has 0 aliphatic heterocycles. The van der Waals surface area contributed by atoms with E-state index in [4.69, 9.17) is 10.8 Å². The Morgan fingerprint density at radius 2 is 1.93 bits per heavy atom. The first-order valence-corrected chi connectivity index (χ1v) is 5.36. The largest absolute Gasteiger partial charge is 0.480 e. The summed E-state index contributed by atoms with van der Waals surface area (Å²) >= 11 is 0. The van der Waals surface area contributed by atoms with E-state index in [1.165, 1.54) is 6.42 Å². The number of nitrogens with two attached hydrogens (primary N) is 1. The maximum absolute atomic E-state index is 10.8. The van der Waals surface area contributed by atoms with Crippen LogP contribution < -0.4 is 11.1 Å². The molecule has 4 N–H and O–H groups in total. The Bertz CT molecular complexity index is 237. The van der Waals surface area contributed by atoms with Crippen molar-refractivity contribution in [2.45, 2.75) is 50.6 Å². The third-order valence-electron chi connectivity index (χ3n) is 2.75. The minimum absolute atomic E-state index is 0.133. The molecule has 0 saturated heterocycles. The van der Waals surface area contributed by atoms with Crippen molar-refractivity contribution >= 4 is 11.9 Å². The third-order valence-corrected chi connectivity index (χ3v) is 2.75. The number of primary amides is 1. The molecule has 1 saturated carbocycles. The molecular formula is C10H18N2O3. The summed E-state index contributed by atoms with van der Waals surface area (Å²) in [5, 5.41) is 11.9. The number of carbonyl (C=O) groups excluding carboxylic acids is 1. The van der Waals surface area contributed by atoms with Crippen LogP contribution in [0.2, 0.25) is 0 Å². The van der Waals surface area contributed by atoms with Crippen LogP contribution in [0.3, 0.4) is 0 Å². The van der Waals surface area contributed by atoms with E-state index in [9.17, 15) is 9.59 Å². The molecule has 1 rings (SSSR count). The molecule has 1 atom stereocenters. The summed E-state index contributed by atoms with van der Waals surface area (Å²) in [4.78, 5) is 21.5. The van der Waals surface area contributed by atoms with Gasteiger partial charge in [0.25, 0.3) is 0 Å². The fourth-order valence-corrected chi connectivity index (χ4v) is 1.97. The van der Waals surface area contributed by atoms with Crippen LogP contribution in [0.4, 0.5) is 0 Å². The molecule has 0 heterocycles. The van der Waals surface area contributed by atoms with E-state index in [-0.39, 0.29) is 12.5 Å². The number of rotatable bonds is 5. The van der Waals surface area contributed by atoms with Gasteiger partial charge in [-0.3, -0.25) is 9.59 Å². The lowest BCUT2D eigenvalue weighted by Gasteiger charge is -2.25. The number of hydrogen-bond acceptors (Lipinski definition) is 3. The van der Waals surface area contributed by atoms with E-state index in [0.717, 1.165) is 25.7 Å². The van der Waals surface area contributed by atoms with Crippen molar-refractivity contribution in [1.82, 2.24) is 5.32 Å². The monoisotopic (exact) mass is 214 g/mol. The standard InChI is InChI=1S/C10H18N2O3/c11-9(13)6-8(10(14)15)12-7-4-2-1-3-5-7/h7-8,12H,1-6H2,(H2,11,13)(H,14,15)/t8-/m0/s1. The third kappa shape index (κ3) is 4.29. The minimum Gasteiger partial charge on any atom is -0.480 e. The Kier molecular flexibility index (Phi) is 4.55. The maximum Gasteiger partial charge on any atom is 0.321 e. The molecule has 0 aromatic rings. The van der Waals surface area contributed by atoms with Crippen molar-refractivity contribution in [3.8, 4) is 0 Å². The van der Waals surface area contributed by atoms with Crippen molar-refractivity contribution in [1.29, 1.82) is 0 Å². The van der Waals surface area contributed by atoms with Gasteiger partial charge in [0.1, 0.15) is 6.04 Å². The molecule has 86 valence electrons. The van der Waals surface area contributed by atoms with Gasteiger partial charge in [-0.05, 0) is 12.8 Å². The highest BCUT2D eigenvalue weighted by atomic mass is 16.4. The lowest BCUT2D eigenvalue weighted by atomic mass is 9.94.